The molecule has 0 radical (unpaired) electrons. The van der Waals surface area contributed by atoms with Gasteiger partial charge in [0.2, 0.25) is 0 Å². The van der Waals surface area contributed by atoms with E-state index in [0.29, 0.717) is 5.41 Å². The fourth-order valence-corrected chi connectivity index (χ4v) is 4.06. The van der Waals surface area contributed by atoms with Gasteiger partial charge in [-0.05, 0) is 80.6 Å². The van der Waals surface area contributed by atoms with Crippen LogP contribution in [0.5, 0.6) is 0 Å². The summed E-state index contributed by atoms with van der Waals surface area (Å²) < 4.78 is 0. The standard InChI is InChI=1S/C20H33N/c1-4-18-9-8-17(16-19(18)5-2)10-13-20(14-15-21-3)11-6-7-12-20/h8-9,16,21H,4-7,10-15H2,1-3H3. The van der Waals surface area contributed by atoms with Crippen LogP contribution in [-0.2, 0) is 19.3 Å². The van der Waals surface area contributed by atoms with E-state index in [1.807, 2.05) is 0 Å². The van der Waals surface area contributed by atoms with Gasteiger partial charge in [0.1, 0.15) is 0 Å². The van der Waals surface area contributed by atoms with Gasteiger partial charge >= 0.3 is 0 Å². The van der Waals surface area contributed by atoms with E-state index in [0.717, 1.165) is 6.42 Å². The van der Waals surface area contributed by atoms with Crippen LogP contribution in [0.2, 0.25) is 0 Å². The van der Waals surface area contributed by atoms with Crippen LogP contribution in [0.1, 0.15) is 69.1 Å². The van der Waals surface area contributed by atoms with Gasteiger partial charge in [-0.1, -0.05) is 44.9 Å². The Morgan fingerprint density at radius 2 is 1.71 bits per heavy atom. The normalized spacial score (nSPS) is 17.3. The zero-order chi connectivity index (χ0) is 15.1. The van der Waals surface area contributed by atoms with Gasteiger partial charge in [-0.15, -0.1) is 0 Å². The van der Waals surface area contributed by atoms with Gasteiger partial charge in [0.25, 0.3) is 0 Å². The third-order valence-electron chi connectivity index (χ3n) is 5.55. The Hall–Kier alpha value is -0.820. The topological polar surface area (TPSA) is 12.0 Å². The van der Waals surface area contributed by atoms with Crippen molar-refractivity contribution in [3.8, 4) is 0 Å². The third kappa shape index (κ3) is 4.32. The van der Waals surface area contributed by atoms with Crippen molar-refractivity contribution < 1.29 is 0 Å². The molecule has 1 aromatic rings. The molecule has 1 aliphatic carbocycles. The lowest BCUT2D eigenvalue weighted by Gasteiger charge is -2.29. The summed E-state index contributed by atoms with van der Waals surface area (Å²) in [7, 11) is 2.08. The highest BCUT2D eigenvalue weighted by molar-refractivity contribution is 5.32. The molecule has 0 heterocycles. The molecule has 2 rings (SSSR count). The minimum atomic E-state index is 0.624. The average Bonchev–Trinajstić information content (AvgIpc) is 3.00. The van der Waals surface area contributed by atoms with Crippen molar-refractivity contribution in [3.63, 3.8) is 0 Å². The summed E-state index contributed by atoms with van der Waals surface area (Å²) in [5.41, 5.74) is 5.27. The zero-order valence-electron chi connectivity index (χ0n) is 14.3. The number of nitrogens with one attached hydrogen (secondary N) is 1. The summed E-state index contributed by atoms with van der Waals surface area (Å²) in [6.45, 7) is 5.72. The molecule has 1 aromatic carbocycles. The highest BCUT2D eigenvalue weighted by Crippen LogP contribution is 2.44. The molecule has 0 aromatic heterocycles. The minimum Gasteiger partial charge on any atom is -0.320 e. The Morgan fingerprint density at radius 1 is 1.00 bits per heavy atom. The molecule has 1 aliphatic rings. The van der Waals surface area contributed by atoms with Crippen LogP contribution in [0.15, 0.2) is 18.2 Å². The molecular formula is C20H33N. The average molecular weight is 287 g/mol. The Labute approximate surface area is 131 Å². The summed E-state index contributed by atoms with van der Waals surface area (Å²) in [5.74, 6) is 0. The number of hydrogen-bond donors (Lipinski definition) is 1. The predicted octanol–water partition coefficient (Wildman–Crippen LogP) is 4.91. The lowest BCUT2D eigenvalue weighted by Crippen LogP contribution is -2.23. The summed E-state index contributed by atoms with van der Waals surface area (Å²) >= 11 is 0. The zero-order valence-corrected chi connectivity index (χ0v) is 14.3. The van der Waals surface area contributed by atoms with Crippen molar-refractivity contribution >= 4 is 0 Å². The second-order valence-electron chi connectivity index (χ2n) is 6.87. The van der Waals surface area contributed by atoms with Crippen LogP contribution in [0.4, 0.5) is 0 Å². The molecule has 118 valence electrons. The van der Waals surface area contributed by atoms with Crippen molar-refractivity contribution in [1.29, 1.82) is 0 Å². The molecule has 21 heavy (non-hydrogen) atoms. The maximum Gasteiger partial charge on any atom is -0.00466 e. The van der Waals surface area contributed by atoms with Crippen molar-refractivity contribution in [3.05, 3.63) is 34.9 Å². The van der Waals surface area contributed by atoms with E-state index in [1.165, 1.54) is 63.5 Å². The second kappa shape index (κ2) is 7.98. The number of aryl methyl sites for hydroxylation is 3. The lowest BCUT2D eigenvalue weighted by molar-refractivity contribution is 0.247. The van der Waals surface area contributed by atoms with Gasteiger partial charge in [0, 0.05) is 0 Å². The number of benzene rings is 1. The monoisotopic (exact) mass is 287 g/mol. The largest absolute Gasteiger partial charge is 0.320 e. The molecule has 1 saturated carbocycles. The first-order chi connectivity index (χ1) is 10.2. The van der Waals surface area contributed by atoms with Crippen LogP contribution in [0.25, 0.3) is 0 Å². The fraction of sp³-hybridized carbons (Fsp3) is 0.700. The minimum absolute atomic E-state index is 0.624. The fourth-order valence-electron chi connectivity index (χ4n) is 4.06. The molecular weight excluding hydrogens is 254 g/mol. The van der Waals surface area contributed by atoms with Gasteiger partial charge < -0.3 is 5.32 Å². The van der Waals surface area contributed by atoms with Gasteiger partial charge in [0.15, 0.2) is 0 Å². The van der Waals surface area contributed by atoms with Crippen molar-refractivity contribution in [2.45, 2.75) is 71.6 Å². The molecule has 1 N–H and O–H groups in total. The van der Waals surface area contributed by atoms with E-state index in [2.05, 4.69) is 44.4 Å². The molecule has 0 spiro atoms. The maximum absolute atomic E-state index is 3.35. The molecule has 0 aliphatic heterocycles. The maximum atomic E-state index is 3.35. The third-order valence-corrected chi connectivity index (χ3v) is 5.55. The molecule has 0 saturated heterocycles. The molecule has 1 nitrogen and oxygen atoms in total. The van der Waals surface area contributed by atoms with Crippen LogP contribution in [0.3, 0.4) is 0 Å². The quantitative estimate of drug-likeness (QED) is 0.716. The predicted molar refractivity (Wildman–Crippen MR) is 93.0 cm³/mol. The van der Waals surface area contributed by atoms with Crippen molar-refractivity contribution in [2.75, 3.05) is 13.6 Å². The van der Waals surface area contributed by atoms with Gasteiger partial charge in [-0.3, -0.25) is 0 Å². The molecule has 0 amide bonds. The van der Waals surface area contributed by atoms with Crippen LogP contribution in [0, 0.1) is 5.41 Å². The first kappa shape index (κ1) is 16.5. The first-order valence-electron chi connectivity index (χ1n) is 8.98. The van der Waals surface area contributed by atoms with Crippen LogP contribution in [-0.4, -0.2) is 13.6 Å². The SMILES string of the molecule is CCc1ccc(CCC2(CCNC)CCCC2)cc1CC. The van der Waals surface area contributed by atoms with E-state index in [-0.39, 0.29) is 0 Å². The van der Waals surface area contributed by atoms with Crippen molar-refractivity contribution in [2.24, 2.45) is 5.41 Å². The number of hydrogen-bond acceptors (Lipinski definition) is 1. The smallest absolute Gasteiger partial charge is 0.00466 e. The van der Waals surface area contributed by atoms with E-state index in [4.69, 9.17) is 0 Å². The van der Waals surface area contributed by atoms with Crippen LogP contribution >= 0.6 is 0 Å². The van der Waals surface area contributed by atoms with Gasteiger partial charge in [-0.25, -0.2) is 0 Å². The summed E-state index contributed by atoms with van der Waals surface area (Å²) in [4.78, 5) is 0. The van der Waals surface area contributed by atoms with Crippen molar-refractivity contribution in [1.82, 2.24) is 5.32 Å². The van der Waals surface area contributed by atoms with Gasteiger partial charge in [0.05, 0.1) is 0 Å². The van der Waals surface area contributed by atoms with Gasteiger partial charge in [-0.2, -0.15) is 0 Å². The summed E-state index contributed by atoms with van der Waals surface area (Å²) in [5, 5.41) is 3.35. The van der Waals surface area contributed by atoms with Crippen LogP contribution < -0.4 is 5.32 Å². The summed E-state index contributed by atoms with van der Waals surface area (Å²) in [6.07, 6.45) is 12.1. The molecule has 1 fully saturated rings. The Bertz CT molecular complexity index is 429. The molecule has 0 atom stereocenters. The number of rotatable bonds is 8. The van der Waals surface area contributed by atoms with E-state index in [9.17, 15) is 0 Å². The molecule has 1 heteroatoms. The Balaban J connectivity index is 2.00. The molecule has 0 bridgehead atoms. The highest BCUT2D eigenvalue weighted by atomic mass is 14.8. The molecule has 0 unspecified atom stereocenters. The second-order valence-corrected chi connectivity index (χ2v) is 6.87. The van der Waals surface area contributed by atoms with E-state index < -0.39 is 0 Å². The Kier molecular flexibility index (Phi) is 6.29. The Morgan fingerprint density at radius 3 is 2.33 bits per heavy atom. The van der Waals surface area contributed by atoms with E-state index in [1.54, 1.807) is 11.1 Å². The lowest BCUT2D eigenvalue weighted by atomic mass is 9.77. The summed E-state index contributed by atoms with van der Waals surface area (Å²) in [6, 6.07) is 7.21. The van der Waals surface area contributed by atoms with E-state index >= 15 is 0 Å². The highest BCUT2D eigenvalue weighted by Gasteiger charge is 2.32. The first-order valence-corrected chi connectivity index (χ1v) is 8.98.